The molecule has 62 valence electrons. The van der Waals surface area contributed by atoms with Crippen LogP contribution in [0.4, 0.5) is 0 Å². The molecule has 0 radical (unpaired) electrons. The van der Waals surface area contributed by atoms with Crippen molar-refractivity contribution in [3.63, 3.8) is 0 Å². The fourth-order valence-electron chi connectivity index (χ4n) is 0.437. The Hall–Kier alpha value is 0.440. The molecule has 0 aliphatic rings. The van der Waals surface area contributed by atoms with Gasteiger partial charge in [-0.3, -0.25) is 0 Å². The van der Waals surface area contributed by atoms with Gasteiger partial charge in [0, 0.05) is 5.33 Å². The second kappa shape index (κ2) is 4.35. The van der Waals surface area contributed by atoms with E-state index in [4.69, 9.17) is 4.74 Å². The predicted molar refractivity (Wildman–Crippen MR) is 48.7 cm³/mol. The van der Waals surface area contributed by atoms with Crippen LogP contribution in [0.5, 0.6) is 0 Å². The van der Waals surface area contributed by atoms with Crippen LogP contribution in [-0.2, 0) is 4.74 Å². The minimum absolute atomic E-state index is 0.0103. The molecule has 0 aliphatic carbocycles. The van der Waals surface area contributed by atoms with E-state index in [0.29, 0.717) is 5.92 Å². The van der Waals surface area contributed by atoms with Crippen LogP contribution in [0.3, 0.4) is 0 Å². The normalized spacial score (nSPS) is 15.3. The summed E-state index contributed by atoms with van der Waals surface area (Å²) in [6.45, 7) is 9.24. The van der Waals surface area contributed by atoms with Crippen molar-refractivity contribution in [2.24, 2.45) is 5.92 Å². The molecule has 0 spiro atoms. The van der Waals surface area contributed by atoms with Crippen LogP contribution in [0.15, 0.2) is 0 Å². The number of ether oxygens (including phenoxy) is 1. The lowest BCUT2D eigenvalue weighted by Crippen LogP contribution is -2.22. The topological polar surface area (TPSA) is 9.23 Å². The van der Waals surface area contributed by atoms with Crippen LogP contribution >= 0.6 is 15.9 Å². The van der Waals surface area contributed by atoms with Crippen LogP contribution < -0.4 is 0 Å². The van der Waals surface area contributed by atoms with E-state index in [1.165, 1.54) is 0 Å². The summed E-state index contributed by atoms with van der Waals surface area (Å²) in [5.41, 5.74) is 0.0103. The second-order valence-corrected chi connectivity index (χ2v) is 4.33. The molecular weight excluding hydrogens is 192 g/mol. The molecular formula is C8H17BrO. The van der Waals surface area contributed by atoms with Crippen LogP contribution in [0.2, 0.25) is 0 Å². The zero-order valence-electron chi connectivity index (χ0n) is 7.28. The molecule has 0 aliphatic heterocycles. The molecule has 0 saturated heterocycles. The van der Waals surface area contributed by atoms with Gasteiger partial charge in [0.2, 0.25) is 0 Å². The van der Waals surface area contributed by atoms with Crippen molar-refractivity contribution in [3.8, 4) is 0 Å². The fourth-order valence-corrected chi connectivity index (χ4v) is 0.624. The molecule has 0 unspecified atom stereocenters. The zero-order chi connectivity index (χ0) is 8.20. The van der Waals surface area contributed by atoms with Gasteiger partial charge in [-0.25, -0.2) is 0 Å². The van der Waals surface area contributed by atoms with Gasteiger partial charge in [0.05, 0.1) is 12.2 Å². The number of hydrogen-bond donors (Lipinski definition) is 0. The van der Waals surface area contributed by atoms with E-state index < -0.39 is 0 Å². The summed E-state index contributed by atoms with van der Waals surface area (Å²) in [5.74, 6) is 0.610. The highest BCUT2D eigenvalue weighted by molar-refractivity contribution is 9.09. The molecule has 0 saturated carbocycles. The fraction of sp³-hybridized carbons (Fsp3) is 1.00. The third kappa shape index (κ3) is 6.56. The zero-order valence-corrected chi connectivity index (χ0v) is 8.86. The Bertz CT molecular complexity index is 85.7. The van der Waals surface area contributed by atoms with Gasteiger partial charge in [-0.15, -0.1) is 0 Å². The maximum Gasteiger partial charge on any atom is 0.0598 e. The van der Waals surface area contributed by atoms with Gasteiger partial charge in [0.1, 0.15) is 0 Å². The average molecular weight is 209 g/mol. The number of rotatable bonds is 3. The Morgan fingerprint density at radius 1 is 1.40 bits per heavy atom. The van der Waals surface area contributed by atoms with E-state index in [-0.39, 0.29) is 5.60 Å². The van der Waals surface area contributed by atoms with E-state index in [2.05, 4.69) is 43.6 Å². The van der Waals surface area contributed by atoms with Crippen LogP contribution in [0.25, 0.3) is 0 Å². The Labute approximate surface area is 72.3 Å². The van der Waals surface area contributed by atoms with Crippen molar-refractivity contribution >= 4 is 15.9 Å². The molecule has 0 aromatic rings. The molecule has 0 aromatic carbocycles. The van der Waals surface area contributed by atoms with E-state index in [0.717, 1.165) is 11.9 Å². The summed E-state index contributed by atoms with van der Waals surface area (Å²) >= 11 is 3.40. The summed E-state index contributed by atoms with van der Waals surface area (Å²) in [6.07, 6.45) is 0. The molecule has 0 fully saturated rings. The maximum atomic E-state index is 5.55. The van der Waals surface area contributed by atoms with Crippen molar-refractivity contribution in [2.75, 3.05) is 11.9 Å². The first-order chi connectivity index (χ1) is 4.45. The van der Waals surface area contributed by atoms with Crippen molar-refractivity contribution in [1.82, 2.24) is 0 Å². The summed E-state index contributed by atoms with van der Waals surface area (Å²) < 4.78 is 5.55. The molecule has 0 amide bonds. The van der Waals surface area contributed by atoms with E-state index in [9.17, 15) is 0 Å². The highest BCUT2D eigenvalue weighted by Gasteiger charge is 2.11. The molecule has 0 N–H and O–H groups in total. The highest BCUT2D eigenvalue weighted by Crippen LogP contribution is 2.10. The van der Waals surface area contributed by atoms with Gasteiger partial charge in [0.15, 0.2) is 0 Å². The first-order valence-corrected chi connectivity index (χ1v) is 4.78. The monoisotopic (exact) mass is 208 g/mol. The van der Waals surface area contributed by atoms with E-state index in [1.807, 2.05) is 0 Å². The first kappa shape index (κ1) is 10.4. The lowest BCUT2D eigenvalue weighted by molar-refractivity contribution is -0.0159. The van der Waals surface area contributed by atoms with Crippen molar-refractivity contribution < 1.29 is 4.74 Å². The third-order valence-electron chi connectivity index (χ3n) is 1.06. The lowest BCUT2D eigenvalue weighted by atomic mass is 10.2. The predicted octanol–water partition coefficient (Wildman–Crippen LogP) is 2.83. The molecule has 1 nitrogen and oxygen atoms in total. The molecule has 1 atom stereocenters. The number of alkyl halides is 1. The van der Waals surface area contributed by atoms with Crippen molar-refractivity contribution in [1.29, 1.82) is 0 Å². The second-order valence-electron chi connectivity index (χ2n) is 3.68. The molecule has 2 heteroatoms. The summed E-state index contributed by atoms with van der Waals surface area (Å²) in [5, 5.41) is 1.02. The molecule has 10 heavy (non-hydrogen) atoms. The summed E-state index contributed by atoms with van der Waals surface area (Å²) in [4.78, 5) is 0. The minimum atomic E-state index is 0.0103. The highest BCUT2D eigenvalue weighted by atomic mass is 79.9. The van der Waals surface area contributed by atoms with Gasteiger partial charge in [-0.1, -0.05) is 22.9 Å². The average Bonchev–Trinajstić information content (AvgIpc) is 1.81. The molecule has 0 aromatic heterocycles. The van der Waals surface area contributed by atoms with Crippen molar-refractivity contribution in [3.05, 3.63) is 0 Å². The SMILES string of the molecule is C[C@H](CBr)COC(C)(C)C. The number of halogens is 1. The van der Waals surface area contributed by atoms with Gasteiger partial charge >= 0.3 is 0 Å². The van der Waals surface area contributed by atoms with Gasteiger partial charge < -0.3 is 4.74 Å². The summed E-state index contributed by atoms with van der Waals surface area (Å²) in [6, 6.07) is 0. The largest absolute Gasteiger partial charge is 0.376 e. The van der Waals surface area contributed by atoms with E-state index >= 15 is 0 Å². The van der Waals surface area contributed by atoms with Crippen molar-refractivity contribution in [2.45, 2.75) is 33.3 Å². The van der Waals surface area contributed by atoms with Gasteiger partial charge in [-0.05, 0) is 26.7 Å². The standard InChI is InChI=1S/C8H17BrO/c1-7(5-9)6-10-8(2,3)4/h7H,5-6H2,1-4H3/t7-/m1/s1. The minimum Gasteiger partial charge on any atom is -0.376 e. The van der Waals surface area contributed by atoms with Crippen LogP contribution in [0.1, 0.15) is 27.7 Å². The van der Waals surface area contributed by atoms with E-state index in [1.54, 1.807) is 0 Å². The number of hydrogen-bond acceptors (Lipinski definition) is 1. The third-order valence-corrected chi connectivity index (χ3v) is 2.17. The van der Waals surface area contributed by atoms with Crippen LogP contribution in [0, 0.1) is 5.92 Å². The first-order valence-electron chi connectivity index (χ1n) is 3.65. The van der Waals surface area contributed by atoms with Gasteiger partial charge in [0.25, 0.3) is 0 Å². The quantitative estimate of drug-likeness (QED) is 0.649. The Morgan fingerprint density at radius 3 is 2.20 bits per heavy atom. The summed E-state index contributed by atoms with van der Waals surface area (Å²) in [7, 11) is 0. The molecule has 0 rings (SSSR count). The Morgan fingerprint density at radius 2 is 1.90 bits per heavy atom. The van der Waals surface area contributed by atoms with Crippen LogP contribution in [-0.4, -0.2) is 17.5 Å². The Balaban J connectivity index is 3.36. The maximum absolute atomic E-state index is 5.55. The molecule has 0 bridgehead atoms. The lowest BCUT2D eigenvalue weighted by Gasteiger charge is -2.21. The molecule has 0 heterocycles. The smallest absolute Gasteiger partial charge is 0.0598 e. The Kier molecular flexibility index (Phi) is 4.54. The van der Waals surface area contributed by atoms with Gasteiger partial charge in [-0.2, -0.15) is 0 Å².